The average molecular weight is 313 g/mol. The molecular formula is C16H21F2NOS. The topological polar surface area (TPSA) is 20.3 Å². The number of carbonyl (C=O) groups excluding carboxylic acids is 1. The normalized spacial score (nSPS) is 12.3. The number of benzene rings is 1. The number of halogens is 2. The summed E-state index contributed by atoms with van der Waals surface area (Å²) < 4.78 is 24.5. The first-order valence-electron chi connectivity index (χ1n) is 6.85. The van der Waals surface area contributed by atoms with Gasteiger partial charge in [-0.1, -0.05) is 17.3 Å². The molecule has 0 aromatic heterocycles. The molecule has 1 aromatic rings. The summed E-state index contributed by atoms with van der Waals surface area (Å²) in [6, 6.07) is 6.38. The fourth-order valence-corrected chi connectivity index (χ4v) is 2.71. The van der Waals surface area contributed by atoms with Gasteiger partial charge >= 0.3 is 0 Å². The largest absolute Gasteiger partial charge is 0.336 e. The minimum atomic E-state index is -2.45. The molecule has 1 aromatic carbocycles. The van der Waals surface area contributed by atoms with Crippen molar-refractivity contribution in [3.05, 3.63) is 42.0 Å². The molecule has 0 saturated heterocycles. The molecule has 1 rings (SSSR count). The van der Waals surface area contributed by atoms with Crippen molar-refractivity contribution in [3.63, 3.8) is 0 Å². The molecule has 1 atom stereocenters. The zero-order valence-corrected chi connectivity index (χ0v) is 13.4. The van der Waals surface area contributed by atoms with E-state index < -0.39 is 5.76 Å². The lowest BCUT2D eigenvalue weighted by Gasteiger charge is -2.28. The van der Waals surface area contributed by atoms with Crippen molar-refractivity contribution in [2.45, 2.75) is 43.9 Å². The van der Waals surface area contributed by atoms with Gasteiger partial charge in [0.15, 0.2) is 0 Å². The number of alkyl halides is 2. The van der Waals surface area contributed by atoms with Crippen molar-refractivity contribution in [3.8, 4) is 0 Å². The number of thioether (sulfide) groups is 1. The van der Waals surface area contributed by atoms with Gasteiger partial charge in [0.1, 0.15) is 0 Å². The smallest absolute Gasteiger partial charge is 0.288 e. The SMILES string of the molecule is C=C(C)CC(C)N(CC)C(=O)c1ccc(SC(F)F)cc1. The fraction of sp³-hybridized carbons (Fsp3) is 0.438. The minimum absolute atomic E-state index is 0.0649. The van der Waals surface area contributed by atoms with Crippen LogP contribution in [0.4, 0.5) is 8.78 Å². The monoisotopic (exact) mass is 313 g/mol. The molecule has 0 N–H and O–H groups in total. The Morgan fingerprint density at radius 2 is 1.90 bits per heavy atom. The fourth-order valence-electron chi connectivity index (χ4n) is 2.21. The van der Waals surface area contributed by atoms with E-state index in [1.165, 1.54) is 0 Å². The molecule has 0 aliphatic carbocycles. The summed E-state index contributed by atoms with van der Waals surface area (Å²) in [6.07, 6.45) is 0.749. The second-order valence-corrected chi connectivity index (χ2v) is 6.07. The van der Waals surface area contributed by atoms with E-state index in [9.17, 15) is 13.6 Å². The van der Waals surface area contributed by atoms with Crippen LogP contribution in [0.15, 0.2) is 41.3 Å². The van der Waals surface area contributed by atoms with Crippen LogP contribution in [0, 0.1) is 0 Å². The van der Waals surface area contributed by atoms with Crippen LogP contribution >= 0.6 is 11.8 Å². The van der Waals surface area contributed by atoms with Crippen LogP contribution in [0.25, 0.3) is 0 Å². The van der Waals surface area contributed by atoms with E-state index in [-0.39, 0.29) is 11.9 Å². The first kappa shape index (κ1) is 17.7. The molecule has 116 valence electrons. The van der Waals surface area contributed by atoms with Gasteiger partial charge in [-0.15, -0.1) is 6.58 Å². The van der Waals surface area contributed by atoms with Crippen molar-refractivity contribution >= 4 is 17.7 Å². The molecule has 0 aliphatic rings. The zero-order chi connectivity index (χ0) is 16.0. The highest BCUT2D eigenvalue weighted by molar-refractivity contribution is 7.99. The number of amides is 1. The Morgan fingerprint density at radius 3 is 2.33 bits per heavy atom. The molecule has 0 radical (unpaired) electrons. The van der Waals surface area contributed by atoms with Crippen molar-refractivity contribution in [1.29, 1.82) is 0 Å². The predicted octanol–water partition coefficient (Wildman–Crippen LogP) is 4.82. The van der Waals surface area contributed by atoms with Crippen molar-refractivity contribution < 1.29 is 13.6 Å². The molecule has 5 heteroatoms. The van der Waals surface area contributed by atoms with E-state index >= 15 is 0 Å². The van der Waals surface area contributed by atoms with Crippen LogP contribution in [0.3, 0.4) is 0 Å². The maximum atomic E-state index is 12.5. The van der Waals surface area contributed by atoms with Crippen molar-refractivity contribution in [2.75, 3.05) is 6.54 Å². The second-order valence-electron chi connectivity index (χ2n) is 5.00. The van der Waals surface area contributed by atoms with Gasteiger partial charge in [-0.25, -0.2) is 0 Å². The lowest BCUT2D eigenvalue weighted by Crippen LogP contribution is -2.38. The predicted molar refractivity (Wildman–Crippen MR) is 83.9 cm³/mol. The van der Waals surface area contributed by atoms with Gasteiger partial charge in [0.2, 0.25) is 0 Å². The van der Waals surface area contributed by atoms with E-state index in [1.807, 2.05) is 20.8 Å². The molecular weight excluding hydrogens is 292 g/mol. The Balaban J connectivity index is 2.82. The van der Waals surface area contributed by atoms with Gasteiger partial charge in [-0.2, -0.15) is 8.78 Å². The molecule has 21 heavy (non-hydrogen) atoms. The third-order valence-electron chi connectivity index (χ3n) is 3.10. The highest BCUT2D eigenvalue weighted by atomic mass is 32.2. The molecule has 1 unspecified atom stereocenters. The van der Waals surface area contributed by atoms with Gasteiger partial charge < -0.3 is 4.90 Å². The molecule has 0 spiro atoms. The molecule has 0 bridgehead atoms. The number of nitrogens with zero attached hydrogens (tertiary/aromatic N) is 1. The summed E-state index contributed by atoms with van der Waals surface area (Å²) >= 11 is 0.478. The Hall–Kier alpha value is -1.36. The Kier molecular flexibility index (Phi) is 6.89. The lowest BCUT2D eigenvalue weighted by molar-refractivity contribution is 0.0703. The van der Waals surface area contributed by atoms with Crippen LogP contribution < -0.4 is 0 Å². The Bertz CT molecular complexity index is 488. The highest BCUT2D eigenvalue weighted by Crippen LogP contribution is 2.25. The second kappa shape index (κ2) is 8.17. The Labute approximate surface area is 129 Å². The van der Waals surface area contributed by atoms with Crippen LogP contribution in [0.1, 0.15) is 37.6 Å². The molecule has 0 aliphatic heterocycles. The first-order chi connectivity index (χ1) is 9.85. The van der Waals surface area contributed by atoms with E-state index in [4.69, 9.17) is 0 Å². The van der Waals surface area contributed by atoms with E-state index in [2.05, 4.69) is 6.58 Å². The summed E-state index contributed by atoms with van der Waals surface area (Å²) in [5.74, 6) is -2.53. The zero-order valence-electron chi connectivity index (χ0n) is 12.6. The number of hydrogen-bond acceptors (Lipinski definition) is 2. The summed E-state index contributed by atoms with van der Waals surface area (Å²) in [6.45, 7) is 10.3. The molecule has 0 fully saturated rings. The van der Waals surface area contributed by atoms with Crippen LogP contribution in [0.5, 0.6) is 0 Å². The van der Waals surface area contributed by atoms with Gasteiger partial charge in [-0.3, -0.25) is 4.79 Å². The first-order valence-corrected chi connectivity index (χ1v) is 7.73. The maximum Gasteiger partial charge on any atom is 0.288 e. The van der Waals surface area contributed by atoms with Crippen LogP contribution in [-0.2, 0) is 0 Å². The maximum absolute atomic E-state index is 12.5. The van der Waals surface area contributed by atoms with Gasteiger partial charge in [-0.05, 0) is 51.5 Å². The van der Waals surface area contributed by atoms with E-state index in [1.54, 1.807) is 29.2 Å². The Morgan fingerprint density at radius 1 is 1.33 bits per heavy atom. The van der Waals surface area contributed by atoms with E-state index in [0.717, 1.165) is 12.0 Å². The summed E-state index contributed by atoms with van der Waals surface area (Å²) in [4.78, 5) is 14.7. The lowest BCUT2D eigenvalue weighted by atomic mass is 10.1. The third-order valence-corrected chi connectivity index (χ3v) is 3.83. The third kappa shape index (κ3) is 5.50. The van der Waals surface area contributed by atoms with Crippen LogP contribution in [0.2, 0.25) is 0 Å². The van der Waals surface area contributed by atoms with E-state index in [0.29, 0.717) is 28.8 Å². The highest BCUT2D eigenvalue weighted by Gasteiger charge is 2.20. The average Bonchev–Trinajstić information content (AvgIpc) is 2.38. The van der Waals surface area contributed by atoms with Crippen molar-refractivity contribution in [2.24, 2.45) is 0 Å². The molecule has 2 nitrogen and oxygen atoms in total. The summed E-state index contributed by atoms with van der Waals surface area (Å²) in [5, 5.41) is 0. The van der Waals surface area contributed by atoms with Gasteiger partial charge in [0.25, 0.3) is 11.7 Å². The summed E-state index contributed by atoms with van der Waals surface area (Å²) in [7, 11) is 0. The van der Waals surface area contributed by atoms with Gasteiger partial charge in [0.05, 0.1) is 0 Å². The standard InChI is InChI=1S/C16H21F2NOS/c1-5-19(12(4)10-11(2)3)15(20)13-6-8-14(9-7-13)21-16(17)18/h6-9,12,16H,2,5,10H2,1,3-4H3. The van der Waals surface area contributed by atoms with Crippen molar-refractivity contribution in [1.82, 2.24) is 4.90 Å². The number of rotatable bonds is 7. The number of hydrogen-bond donors (Lipinski definition) is 0. The van der Waals surface area contributed by atoms with Gasteiger partial charge in [0, 0.05) is 23.0 Å². The molecule has 1 amide bonds. The molecule has 0 heterocycles. The summed E-state index contributed by atoms with van der Waals surface area (Å²) in [5.41, 5.74) is 1.54. The molecule has 0 saturated carbocycles. The minimum Gasteiger partial charge on any atom is -0.336 e. The quantitative estimate of drug-likeness (QED) is 0.531. The number of carbonyl (C=O) groups is 1. The van der Waals surface area contributed by atoms with Crippen LogP contribution in [-0.4, -0.2) is 29.2 Å².